The number of likely N-dealkylation sites (tertiary alicyclic amines) is 1. The number of rotatable bonds is 11. The number of benzene rings is 2. The van der Waals surface area contributed by atoms with Crippen LogP contribution in [-0.4, -0.2) is 98.7 Å². The summed E-state index contributed by atoms with van der Waals surface area (Å²) in [6.45, 7) is 1.09. The number of allylic oxidation sites excluding steroid dienone is 1. The predicted octanol–water partition coefficient (Wildman–Crippen LogP) is 4.82. The monoisotopic (exact) mass is 677 g/mol. The summed E-state index contributed by atoms with van der Waals surface area (Å²) in [7, 11) is 4.12. The number of thioether (sulfide) groups is 1. The highest BCUT2D eigenvalue weighted by molar-refractivity contribution is 8.15. The average molecular weight is 678 g/mol. The van der Waals surface area contributed by atoms with Gasteiger partial charge in [-0.25, -0.2) is 0 Å². The number of aliphatic imine (C=N–C) groups is 1. The van der Waals surface area contributed by atoms with Crippen LogP contribution in [0.4, 0.5) is 0 Å². The van der Waals surface area contributed by atoms with Gasteiger partial charge in [-0.15, -0.1) is 0 Å². The first-order valence-corrected chi connectivity index (χ1v) is 17.6. The molecule has 0 spiro atoms. The van der Waals surface area contributed by atoms with Crippen molar-refractivity contribution in [3.63, 3.8) is 0 Å². The first-order chi connectivity index (χ1) is 23.7. The van der Waals surface area contributed by atoms with Gasteiger partial charge in [-0.05, 0) is 66.8 Å². The van der Waals surface area contributed by atoms with Crippen molar-refractivity contribution in [3.8, 4) is 16.9 Å². The van der Waals surface area contributed by atoms with Crippen molar-refractivity contribution in [1.29, 1.82) is 0 Å². The molecule has 10 nitrogen and oxygen atoms in total. The van der Waals surface area contributed by atoms with Gasteiger partial charge in [0.05, 0.1) is 29.5 Å². The van der Waals surface area contributed by atoms with Crippen molar-refractivity contribution in [2.24, 2.45) is 4.99 Å². The van der Waals surface area contributed by atoms with Crippen molar-refractivity contribution >= 4 is 34.5 Å². The Balaban J connectivity index is 0.848. The van der Waals surface area contributed by atoms with Gasteiger partial charge in [0.25, 0.3) is 11.8 Å². The number of amides is 3. The minimum atomic E-state index is -0.705. The molecule has 3 aromatic rings. The molecule has 252 valence electrons. The highest BCUT2D eigenvalue weighted by atomic mass is 32.2. The Bertz CT molecular complexity index is 1850. The first-order valence-electron chi connectivity index (χ1n) is 16.7. The lowest BCUT2D eigenvalue weighted by atomic mass is 10.0. The van der Waals surface area contributed by atoms with Gasteiger partial charge in [0.15, 0.2) is 0 Å². The number of aromatic hydroxyl groups is 1. The fourth-order valence-corrected chi connectivity index (χ4v) is 7.88. The number of phenols is 1. The Hall–Kier alpha value is -4.74. The second-order valence-electron chi connectivity index (χ2n) is 12.9. The van der Waals surface area contributed by atoms with Crippen molar-refractivity contribution in [2.45, 2.75) is 49.6 Å². The average Bonchev–Trinajstić information content (AvgIpc) is 3.68. The van der Waals surface area contributed by atoms with E-state index in [0.29, 0.717) is 29.4 Å². The van der Waals surface area contributed by atoms with Gasteiger partial charge < -0.3 is 19.6 Å². The molecule has 3 atom stereocenters. The van der Waals surface area contributed by atoms with E-state index in [1.807, 2.05) is 24.0 Å². The van der Waals surface area contributed by atoms with Crippen LogP contribution in [-0.2, 0) is 27.3 Å². The molecule has 3 aliphatic heterocycles. The Morgan fingerprint density at radius 1 is 1.00 bits per heavy atom. The lowest BCUT2D eigenvalue weighted by molar-refractivity contribution is -0.153. The summed E-state index contributed by atoms with van der Waals surface area (Å²) >= 11 is 1.82. The molecule has 0 bridgehead atoms. The molecule has 11 heteroatoms. The fraction of sp³-hybridized carbons (Fsp3) is 0.342. The molecule has 4 heterocycles. The lowest BCUT2D eigenvalue weighted by Gasteiger charge is -2.35. The van der Waals surface area contributed by atoms with Crippen molar-refractivity contribution in [3.05, 3.63) is 107 Å². The molecule has 3 amide bonds. The standard InChI is InChI=1S/C38H39N5O5S/c1-41(2)29-11-14-32-34(21-29)49-36(40-32)25-7-5-24(6-8-25)26-9-10-28(39-22-26)4-3-18-48-19-17-42-35(45)16-15-33(38(42)47)43-23-27-20-30(44)12-13-31(27)37(43)46/h5-14,20-22,32-34,44H,3-4,15-19,23H2,1-2H3. The quantitative estimate of drug-likeness (QED) is 0.227. The number of fused-ring (bicyclic) bond motifs is 2. The summed E-state index contributed by atoms with van der Waals surface area (Å²) in [5, 5.41) is 11.2. The topological polar surface area (TPSA) is 116 Å². The molecule has 1 N–H and O–H groups in total. The lowest BCUT2D eigenvalue weighted by Crippen LogP contribution is -2.55. The van der Waals surface area contributed by atoms with Gasteiger partial charge in [-0.3, -0.25) is 29.3 Å². The second-order valence-corrected chi connectivity index (χ2v) is 14.1. The number of piperidine rings is 1. The Morgan fingerprint density at radius 3 is 2.57 bits per heavy atom. The van der Waals surface area contributed by atoms with Gasteiger partial charge in [-0.1, -0.05) is 48.2 Å². The Kier molecular flexibility index (Phi) is 9.38. The second kappa shape index (κ2) is 14.0. The number of carbonyl (C=O) groups excluding carboxylic acids is 3. The van der Waals surface area contributed by atoms with Crippen LogP contribution in [0.25, 0.3) is 11.1 Å². The number of ether oxygens (including phenoxy) is 1. The molecular weight excluding hydrogens is 639 g/mol. The fourth-order valence-electron chi connectivity index (χ4n) is 6.67. The third-order valence-electron chi connectivity index (χ3n) is 9.42. The zero-order valence-electron chi connectivity index (χ0n) is 27.6. The van der Waals surface area contributed by atoms with E-state index in [1.54, 1.807) is 12.1 Å². The number of carbonyl (C=O) groups is 3. The highest BCUT2D eigenvalue weighted by Gasteiger charge is 2.42. The molecule has 0 saturated carbocycles. The number of likely N-dealkylation sites (N-methyl/N-ethyl adjacent to an activating group) is 1. The molecule has 1 aliphatic carbocycles. The van der Waals surface area contributed by atoms with Gasteiger partial charge in [-0.2, -0.15) is 0 Å². The summed E-state index contributed by atoms with van der Waals surface area (Å²) in [6, 6.07) is 16.7. The molecule has 4 aliphatic rings. The summed E-state index contributed by atoms with van der Waals surface area (Å²) in [6.07, 6.45) is 10.5. The van der Waals surface area contributed by atoms with E-state index < -0.39 is 6.04 Å². The number of aryl methyl sites for hydroxylation is 1. The molecule has 7 rings (SSSR count). The number of hydrogen-bond acceptors (Lipinski definition) is 9. The number of pyridine rings is 1. The number of phenolic OH excluding ortho intramolecular Hbond substituents is 1. The van der Waals surface area contributed by atoms with Crippen LogP contribution in [0.5, 0.6) is 5.75 Å². The maximum Gasteiger partial charge on any atom is 0.255 e. The number of nitrogens with zero attached hydrogens (tertiary/aromatic N) is 5. The van der Waals surface area contributed by atoms with Gasteiger partial charge in [0, 0.05) is 67.9 Å². The molecule has 49 heavy (non-hydrogen) atoms. The molecule has 1 fully saturated rings. The van der Waals surface area contributed by atoms with Gasteiger partial charge in [0.2, 0.25) is 5.91 Å². The van der Waals surface area contributed by atoms with Crippen molar-refractivity contribution < 1.29 is 24.2 Å². The third kappa shape index (κ3) is 6.91. The van der Waals surface area contributed by atoms with Crippen LogP contribution in [0, 0.1) is 0 Å². The van der Waals surface area contributed by atoms with Crippen LogP contribution in [0.15, 0.2) is 89.7 Å². The minimum absolute atomic E-state index is 0.0773. The Morgan fingerprint density at radius 2 is 1.80 bits per heavy atom. The molecule has 1 aromatic heterocycles. The minimum Gasteiger partial charge on any atom is -0.508 e. The molecule has 2 aromatic carbocycles. The van der Waals surface area contributed by atoms with E-state index in [4.69, 9.17) is 9.73 Å². The maximum absolute atomic E-state index is 13.3. The molecule has 1 saturated heterocycles. The summed E-state index contributed by atoms with van der Waals surface area (Å²) in [4.78, 5) is 53.3. The molecular formula is C38H39N5O5S. The van der Waals surface area contributed by atoms with Crippen molar-refractivity contribution in [1.82, 2.24) is 19.7 Å². The predicted molar refractivity (Wildman–Crippen MR) is 189 cm³/mol. The van der Waals surface area contributed by atoms with Crippen molar-refractivity contribution in [2.75, 3.05) is 33.9 Å². The highest BCUT2D eigenvalue weighted by Crippen LogP contribution is 2.36. The van der Waals surface area contributed by atoms with Crippen LogP contribution in [0.3, 0.4) is 0 Å². The summed E-state index contributed by atoms with van der Waals surface area (Å²) in [5.41, 5.74) is 6.63. The van der Waals surface area contributed by atoms with Crippen LogP contribution < -0.4 is 0 Å². The Labute approximate surface area is 290 Å². The smallest absolute Gasteiger partial charge is 0.255 e. The van der Waals surface area contributed by atoms with Crippen LogP contribution in [0.2, 0.25) is 0 Å². The molecule has 3 unspecified atom stereocenters. The zero-order chi connectivity index (χ0) is 34.1. The van der Waals surface area contributed by atoms with Crippen LogP contribution >= 0.6 is 11.8 Å². The van der Waals surface area contributed by atoms with Gasteiger partial charge in [0.1, 0.15) is 11.8 Å². The third-order valence-corrected chi connectivity index (χ3v) is 10.7. The normalized spacial score (nSPS) is 21.5. The SMILES string of the molecule is CN(C)C1=CC2SC(c3ccc(-c4ccc(CCCOCCN5C(=O)CCC(N6Cc7cc(O)ccc7C6=O)C5=O)nc4)cc3)=NC2C=C1. The maximum atomic E-state index is 13.3. The van der Waals surface area contributed by atoms with Crippen LogP contribution in [0.1, 0.15) is 46.4 Å². The number of imide groups is 1. The van der Waals surface area contributed by atoms with E-state index >= 15 is 0 Å². The number of hydrogen-bond donors (Lipinski definition) is 1. The molecule has 0 radical (unpaired) electrons. The zero-order valence-corrected chi connectivity index (χ0v) is 28.4. The van der Waals surface area contributed by atoms with E-state index in [0.717, 1.165) is 40.3 Å². The van der Waals surface area contributed by atoms with E-state index in [9.17, 15) is 19.5 Å². The largest absolute Gasteiger partial charge is 0.508 e. The first kappa shape index (κ1) is 32.8. The summed E-state index contributed by atoms with van der Waals surface area (Å²) < 4.78 is 5.79. The van der Waals surface area contributed by atoms with E-state index in [1.165, 1.54) is 21.6 Å². The number of aromatic nitrogens is 1. The van der Waals surface area contributed by atoms with E-state index in [-0.39, 0.29) is 55.6 Å². The summed E-state index contributed by atoms with van der Waals surface area (Å²) in [5.74, 6) is -0.794. The van der Waals surface area contributed by atoms with E-state index in [2.05, 4.69) is 72.5 Å². The van der Waals surface area contributed by atoms with Gasteiger partial charge >= 0.3 is 0 Å².